The summed E-state index contributed by atoms with van der Waals surface area (Å²) in [6.07, 6.45) is 4.95. The lowest BCUT2D eigenvalue weighted by Gasteiger charge is -2.44. The monoisotopic (exact) mass is 658 g/mol. The number of hydrogen-bond acceptors (Lipinski definition) is 6. The van der Waals surface area contributed by atoms with E-state index in [2.05, 4.69) is 63.0 Å². The fourth-order valence-corrected chi connectivity index (χ4v) is 6.32. The van der Waals surface area contributed by atoms with Gasteiger partial charge in [-0.05, 0) is 60.7 Å². The molecule has 2 aliphatic heterocycles. The van der Waals surface area contributed by atoms with E-state index in [1.54, 1.807) is 19.2 Å². The molecular formula is C28H43IN2O6Si. The fraction of sp³-hybridized carbons (Fsp3) is 0.643. The first-order chi connectivity index (χ1) is 18.0. The quantitative estimate of drug-likeness (QED) is 0.0859. The Hall–Kier alpha value is -1.79. The molecule has 0 spiro atoms. The van der Waals surface area contributed by atoms with Crippen molar-refractivity contribution in [2.24, 2.45) is 0 Å². The molecule has 0 saturated carbocycles. The molecular weight excluding hydrogens is 615 g/mol. The zero-order chi connectivity index (χ0) is 28.1. The van der Waals surface area contributed by atoms with E-state index < -0.39 is 20.6 Å². The van der Waals surface area contributed by atoms with Gasteiger partial charge in [-0.25, -0.2) is 9.69 Å². The Morgan fingerprint density at radius 2 is 1.95 bits per heavy atom. The predicted octanol–water partition coefficient (Wildman–Crippen LogP) is 6.77. The van der Waals surface area contributed by atoms with Crippen LogP contribution in [0.1, 0.15) is 63.2 Å². The molecule has 38 heavy (non-hydrogen) atoms. The summed E-state index contributed by atoms with van der Waals surface area (Å²) in [7, 11) is -0.807. The second-order valence-corrected chi connectivity index (χ2v) is 17.2. The molecule has 2 heterocycles. The number of nitrogens with zero attached hydrogens (tertiary/aromatic N) is 2. The van der Waals surface area contributed by atoms with Crippen LogP contribution in [-0.4, -0.2) is 68.8 Å². The molecule has 0 aromatic heterocycles. The van der Waals surface area contributed by atoms with Crippen molar-refractivity contribution in [3.05, 3.63) is 30.4 Å². The van der Waals surface area contributed by atoms with Gasteiger partial charge >= 0.3 is 6.09 Å². The van der Waals surface area contributed by atoms with Gasteiger partial charge in [0.2, 0.25) is 0 Å². The van der Waals surface area contributed by atoms with Crippen molar-refractivity contribution in [1.29, 1.82) is 0 Å². The summed E-state index contributed by atoms with van der Waals surface area (Å²) < 4.78 is 25.4. The van der Waals surface area contributed by atoms with E-state index in [-0.39, 0.29) is 23.6 Å². The number of amides is 2. The molecule has 0 radical (unpaired) electrons. The molecule has 2 amide bonds. The lowest BCUT2D eigenvalue weighted by atomic mass is 10.1. The number of alkyl halides is 1. The molecule has 10 heteroatoms. The Morgan fingerprint density at radius 3 is 2.58 bits per heavy atom. The van der Waals surface area contributed by atoms with E-state index in [1.807, 2.05) is 4.90 Å². The largest absolute Gasteiger partial charge is 0.493 e. The average Bonchev–Trinajstić information content (AvgIpc) is 3.32. The summed E-state index contributed by atoms with van der Waals surface area (Å²) in [5.41, 5.74) is 0.799. The molecule has 1 aromatic carbocycles. The summed E-state index contributed by atoms with van der Waals surface area (Å²) in [6.45, 7) is 15.7. The minimum absolute atomic E-state index is 0.0517. The van der Waals surface area contributed by atoms with E-state index >= 15 is 0 Å². The first-order valence-electron chi connectivity index (χ1n) is 13.4. The Bertz CT molecular complexity index is 1010. The fourth-order valence-electron chi connectivity index (χ4n) is 4.56. The lowest BCUT2D eigenvalue weighted by molar-refractivity contribution is 0.0528. The Balaban J connectivity index is 2.14. The summed E-state index contributed by atoms with van der Waals surface area (Å²) in [4.78, 5) is 31.0. The number of ether oxygens (including phenoxy) is 3. The molecule has 1 saturated heterocycles. The predicted molar refractivity (Wildman–Crippen MR) is 161 cm³/mol. The molecule has 0 N–H and O–H groups in total. The smallest absolute Gasteiger partial charge is 0.416 e. The number of carbonyl (C=O) groups is 2. The van der Waals surface area contributed by atoms with Crippen molar-refractivity contribution in [2.45, 2.75) is 83.3 Å². The van der Waals surface area contributed by atoms with E-state index in [4.69, 9.17) is 18.6 Å². The van der Waals surface area contributed by atoms with Gasteiger partial charge in [-0.15, -0.1) is 0 Å². The van der Waals surface area contributed by atoms with E-state index in [1.165, 1.54) is 11.0 Å². The van der Waals surface area contributed by atoms with Crippen molar-refractivity contribution in [3.8, 4) is 11.5 Å². The lowest BCUT2D eigenvalue weighted by Crippen LogP contribution is -2.58. The van der Waals surface area contributed by atoms with E-state index in [9.17, 15) is 9.59 Å². The van der Waals surface area contributed by atoms with Crippen molar-refractivity contribution < 1.29 is 28.2 Å². The van der Waals surface area contributed by atoms with Crippen LogP contribution in [-0.2, 0) is 9.16 Å². The van der Waals surface area contributed by atoms with Gasteiger partial charge in [-0.3, -0.25) is 4.79 Å². The number of anilines is 1. The third-order valence-corrected chi connectivity index (χ3v) is 12.9. The van der Waals surface area contributed by atoms with Crippen molar-refractivity contribution >= 4 is 48.6 Å². The van der Waals surface area contributed by atoms with Gasteiger partial charge < -0.3 is 23.5 Å². The van der Waals surface area contributed by atoms with Gasteiger partial charge in [0, 0.05) is 12.6 Å². The number of hydrogen-bond donors (Lipinski definition) is 0. The molecule has 8 nitrogen and oxygen atoms in total. The highest BCUT2D eigenvalue weighted by molar-refractivity contribution is 14.1. The van der Waals surface area contributed by atoms with Gasteiger partial charge in [-0.1, -0.05) is 56.0 Å². The van der Waals surface area contributed by atoms with E-state index in [0.29, 0.717) is 35.9 Å². The first-order valence-corrected chi connectivity index (χ1v) is 17.9. The highest BCUT2D eigenvalue weighted by Gasteiger charge is 2.50. The number of benzene rings is 1. The van der Waals surface area contributed by atoms with Crippen LogP contribution in [0.25, 0.3) is 0 Å². The van der Waals surface area contributed by atoms with Crippen molar-refractivity contribution in [1.82, 2.24) is 4.90 Å². The summed E-state index contributed by atoms with van der Waals surface area (Å²) in [6, 6.07) is 3.14. The van der Waals surface area contributed by atoms with Crippen LogP contribution in [0.3, 0.4) is 0 Å². The average molecular weight is 659 g/mol. The second kappa shape index (κ2) is 13.0. The van der Waals surface area contributed by atoms with Gasteiger partial charge in [0.15, 0.2) is 26.0 Å². The Morgan fingerprint density at radius 1 is 1.21 bits per heavy atom. The maximum absolute atomic E-state index is 13.9. The third kappa shape index (κ3) is 6.67. The number of carbonyl (C=O) groups excluding carboxylic acids is 2. The van der Waals surface area contributed by atoms with Crippen LogP contribution in [0.2, 0.25) is 18.1 Å². The topological polar surface area (TPSA) is 77.5 Å². The summed E-state index contributed by atoms with van der Waals surface area (Å²) in [5.74, 6) is 0.811. The normalized spacial score (nSPS) is 19.5. The van der Waals surface area contributed by atoms with Crippen LogP contribution in [0, 0.1) is 0 Å². The molecule has 1 fully saturated rings. The van der Waals surface area contributed by atoms with Gasteiger partial charge in [0.25, 0.3) is 5.91 Å². The molecule has 1 unspecified atom stereocenters. The van der Waals surface area contributed by atoms with E-state index in [0.717, 1.165) is 36.5 Å². The molecule has 2 atom stereocenters. The van der Waals surface area contributed by atoms with Crippen molar-refractivity contribution in [3.63, 3.8) is 0 Å². The van der Waals surface area contributed by atoms with Gasteiger partial charge in [0.1, 0.15) is 6.61 Å². The Labute approximate surface area is 242 Å². The molecule has 3 rings (SSSR count). The van der Waals surface area contributed by atoms with Crippen LogP contribution in [0.4, 0.5) is 10.5 Å². The molecule has 212 valence electrons. The van der Waals surface area contributed by atoms with Crippen molar-refractivity contribution in [2.75, 3.05) is 36.2 Å². The van der Waals surface area contributed by atoms with Crippen LogP contribution >= 0.6 is 22.6 Å². The molecule has 0 aliphatic carbocycles. The summed E-state index contributed by atoms with van der Waals surface area (Å²) >= 11 is 2.37. The zero-order valence-corrected chi connectivity index (χ0v) is 26.8. The maximum atomic E-state index is 13.9. The first kappa shape index (κ1) is 30.7. The number of halogens is 1. The van der Waals surface area contributed by atoms with Gasteiger partial charge in [0.05, 0.1) is 31.0 Å². The number of unbranched alkanes of at least 4 members (excludes halogenated alkanes) is 2. The highest BCUT2D eigenvalue weighted by atomic mass is 127. The van der Waals surface area contributed by atoms with Crippen LogP contribution in [0.15, 0.2) is 24.8 Å². The number of rotatable bonds is 11. The SMILES string of the molecule is C=CCOC(=O)N1c2cc(OCCCCCI)c(OC)cc2C(=O)N2CCC[C@H]2C1O[Si](C)(C)C(C)(C)C. The maximum Gasteiger partial charge on any atom is 0.416 e. The summed E-state index contributed by atoms with van der Waals surface area (Å²) in [5, 5.41) is -0.0988. The standard InChI is InChI=1S/C28H43IN2O6Si/c1-8-16-36-27(33)31-22-19-24(35-17-11-9-10-14-29)23(34-5)18-20(22)25(32)30-15-12-13-21(30)26(31)37-38(6,7)28(2,3)4/h8,18-19,21,26H,1,9-17H2,2-7H3/t21-,26?/m0/s1. The van der Waals surface area contributed by atoms with Gasteiger partial charge in [-0.2, -0.15) is 0 Å². The minimum Gasteiger partial charge on any atom is -0.493 e. The van der Waals surface area contributed by atoms with Crippen LogP contribution < -0.4 is 14.4 Å². The molecule has 1 aromatic rings. The Kier molecular flexibility index (Phi) is 10.6. The molecule has 2 aliphatic rings. The molecule has 0 bridgehead atoms. The minimum atomic E-state index is -2.37. The number of fused-ring (bicyclic) bond motifs is 2. The highest BCUT2D eigenvalue weighted by Crippen LogP contribution is 2.45. The van der Waals surface area contributed by atoms with Crippen LogP contribution in [0.5, 0.6) is 11.5 Å². The number of methoxy groups -OCH3 is 1. The third-order valence-electron chi connectivity index (χ3n) is 7.69. The zero-order valence-electron chi connectivity index (χ0n) is 23.7. The second-order valence-electron chi connectivity index (χ2n) is 11.3.